The highest BCUT2D eigenvalue weighted by atomic mass is 19.4. The number of rotatable bonds is 3. The van der Waals surface area contributed by atoms with Crippen LogP contribution >= 0.6 is 0 Å². The van der Waals surface area contributed by atoms with Crippen LogP contribution in [0.15, 0.2) is 12.2 Å². The quantitative estimate of drug-likeness (QED) is 0.486. The topological polar surface area (TPSA) is 55.8 Å². The van der Waals surface area contributed by atoms with E-state index in [0.29, 0.717) is 12.3 Å². The Hall–Kier alpha value is -1.22. The van der Waals surface area contributed by atoms with Gasteiger partial charge in [0, 0.05) is 6.42 Å². The molecule has 1 N–H and O–H groups in total. The lowest BCUT2D eigenvalue weighted by molar-refractivity contribution is -0.407. The van der Waals surface area contributed by atoms with Crippen molar-refractivity contribution >= 4 is 5.97 Å². The largest absolute Gasteiger partial charge is 0.463 e. The molecule has 2 fully saturated rings. The Bertz CT molecular complexity index is 532. The van der Waals surface area contributed by atoms with Crippen molar-refractivity contribution in [1.82, 2.24) is 0 Å². The van der Waals surface area contributed by atoms with Crippen LogP contribution in [0.1, 0.15) is 19.3 Å². The highest BCUT2D eigenvalue weighted by molar-refractivity contribution is 5.74. The van der Waals surface area contributed by atoms with Crippen molar-refractivity contribution in [2.24, 2.45) is 17.8 Å². The van der Waals surface area contributed by atoms with E-state index >= 15 is 0 Å². The van der Waals surface area contributed by atoms with Gasteiger partial charge in [0.15, 0.2) is 0 Å². The zero-order valence-corrected chi connectivity index (χ0v) is 11.9. The summed E-state index contributed by atoms with van der Waals surface area (Å²) in [6.45, 7) is -0.746. The molecule has 5 unspecified atom stereocenters. The Labute approximate surface area is 128 Å². The summed E-state index contributed by atoms with van der Waals surface area (Å²) in [6.07, 6.45) is -3.42. The molecule has 0 aromatic rings. The van der Waals surface area contributed by atoms with Gasteiger partial charge < -0.3 is 14.6 Å². The molecule has 0 radical (unpaired) electrons. The van der Waals surface area contributed by atoms with E-state index in [9.17, 15) is 26.7 Å². The molecule has 1 heterocycles. The van der Waals surface area contributed by atoms with E-state index in [1.54, 1.807) is 0 Å². The summed E-state index contributed by atoms with van der Waals surface area (Å²) < 4.78 is 73.6. The third kappa shape index (κ3) is 2.63. The predicted octanol–water partition coefficient (Wildman–Crippen LogP) is 2.42. The maximum Gasteiger partial charge on any atom is 0.449 e. The summed E-state index contributed by atoms with van der Waals surface area (Å²) in [6, 6.07) is 0. The number of esters is 1. The smallest absolute Gasteiger partial charge is 0.449 e. The van der Waals surface area contributed by atoms with Gasteiger partial charge in [-0.3, -0.25) is 4.79 Å². The van der Waals surface area contributed by atoms with Gasteiger partial charge in [-0.1, -0.05) is 12.2 Å². The second-order valence-corrected chi connectivity index (χ2v) is 6.31. The fraction of sp³-hybridized carbons (Fsp3) is 0.786. The Morgan fingerprint density at radius 1 is 1.30 bits per heavy atom. The zero-order valence-electron chi connectivity index (χ0n) is 11.9. The van der Waals surface area contributed by atoms with Gasteiger partial charge in [-0.25, -0.2) is 8.78 Å². The number of aliphatic hydroxyl groups is 1. The van der Waals surface area contributed by atoms with E-state index in [4.69, 9.17) is 9.84 Å². The van der Waals surface area contributed by atoms with Gasteiger partial charge in [0.1, 0.15) is 12.7 Å². The van der Waals surface area contributed by atoms with Crippen molar-refractivity contribution < 1.29 is 41.3 Å². The number of alkyl halides is 5. The van der Waals surface area contributed by atoms with Crippen LogP contribution in [0.4, 0.5) is 22.0 Å². The highest BCUT2D eigenvalue weighted by Gasteiger charge is 2.75. The van der Waals surface area contributed by atoms with Crippen LogP contribution < -0.4 is 0 Å². The van der Waals surface area contributed by atoms with Crippen LogP contribution in [0.3, 0.4) is 0 Å². The van der Waals surface area contributed by atoms with Crippen molar-refractivity contribution in [3.63, 3.8) is 0 Å². The van der Waals surface area contributed by atoms with Crippen LogP contribution in [-0.2, 0) is 14.3 Å². The first-order valence-electron chi connectivity index (χ1n) is 7.23. The van der Waals surface area contributed by atoms with Crippen molar-refractivity contribution in [3.05, 3.63) is 12.2 Å². The number of fused-ring (bicyclic) bond motifs is 2. The molecule has 1 saturated carbocycles. The number of carbonyl (C=O) groups excluding carboxylic acids is 1. The second-order valence-electron chi connectivity index (χ2n) is 6.31. The van der Waals surface area contributed by atoms with Crippen molar-refractivity contribution in [2.75, 3.05) is 6.61 Å². The molecule has 3 rings (SSSR count). The van der Waals surface area contributed by atoms with Gasteiger partial charge in [-0.05, 0) is 24.7 Å². The van der Waals surface area contributed by atoms with Gasteiger partial charge in [0.25, 0.3) is 0 Å². The molecular formula is C14H15F5O4. The van der Waals surface area contributed by atoms with Crippen LogP contribution in [0.2, 0.25) is 0 Å². The average Bonchev–Trinajstić information content (AvgIpc) is 3.09. The van der Waals surface area contributed by atoms with Gasteiger partial charge in [0.2, 0.25) is 0 Å². The van der Waals surface area contributed by atoms with Crippen LogP contribution in [0.25, 0.3) is 0 Å². The third-order valence-electron chi connectivity index (χ3n) is 4.69. The summed E-state index contributed by atoms with van der Waals surface area (Å²) in [5, 5.41) is 9.14. The molecule has 4 nitrogen and oxygen atoms in total. The molecule has 2 bridgehead atoms. The minimum absolute atomic E-state index is 0.0329. The Morgan fingerprint density at radius 3 is 2.48 bits per heavy atom. The average molecular weight is 342 g/mol. The number of ether oxygens (including phenoxy) is 2. The summed E-state index contributed by atoms with van der Waals surface area (Å²) in [7, 11) is 0. The van der Waals surface area contributed by atoms with Gasteiger partial charge >= 0.3 is 23.9 Å². The molecule has 9 heteroatoms. The molecule has 5 atom stereocenters. The fourth-order valence-electron chi connectivity index (χ4n) is 3.49. The lowest BCUT2D eigenvalue weighted by Gasteiger charge is -2.29. The van der Waals surface area contributed by atoms with E-state index < -0.39 is 48.9 Å². The van der Waals surface area contributed by atoms with E-state index in [0.717, 1.165) is 6.42 Å². The highest BCUT2D eigenvalue weighted by Crippen LogP contribution is 2.51. The summed E-state index contributed by atoms with van der Waals surface area (Å²) in [5.74, 6) is -9.75. The molecular weight excluding hydrogens is 327 g/mol. The van der Waals surface area contributed by atoms with Gasteiger partial charge in [-0.15, -0.1) is 0 Å². The third-order valence-corrected chi connectivity index (χ3v) is 4.69. The molecule has 0 aromatic heterocycles. The van der Waals surface area contributed by atoms with Crippen molar-refractivity contribution in [3.8, 4) is 0 Å². The first-order chi connectivity index (χ1) is 10.5. The number of carbonyl (C=O) groups is 1. The fourth-order valence-corrected chi connectivity index (χ4v) is 3.49. The second kappa shape index (κ2) is 5.14. The molecule has 0 amide bonds. The minimum Gasteiger partial charge on any atom is -0.463 e. The number of hydrogen-bond donors (Lipinski definition) is 1. The number of hydrogen-bond acceptors (Lipinski definition) is 4. The molecule has 2 aliphatic carbocycles. The van der Waals surface area contributed by atoms with E-state index in [1.807, 2.05) is 12.2 Å². The number of halogens is 5. The van der Waals surface area contributed by atoms with Crippen LogP contribution in [0.5, 0.6) is 0 Å². The molecule has 0 aromatic carbocycles. The summed E-state index contributed by atoms with van der Waals surface area (Å²) >= 11 is 0. The van der Waals surface area contributed by atoms with E-state index in [1.165, 1.54) is 0 Å². The van der Waals surface area contributed by atoms with Crippen molar-refractivity contribution in [1.29, 1.82) is 0 Å². The van der Waals surface area contributed by atoms with Crippen molar-refractivity contribution in [2.45, 2.75) is 43.3 Å². The summed E-state index contributed by atoms with van der Waals surface area (Å²) in [5.41, 5.74) is 0. The van der Waals surface area contributed by atoms with Crippen LogP contribution in [0, 0.1) is 17.8 Å². The molecule has 3 aliphatic rings. The van der Waals surface area contributed by atoms with E-state index in [-0.39, 0.29) is 5.92 Å². The monoisotopic (exact) mass is 342 g/mol. The number of allylic oxidation sites excluding steroid dienone is 2. The lowest BCUT2D eigenvalue weighted by Crippen LogP contribution is -2.56. The van der Waals surface area contributed by atoms with Gasteiger partial charge in [-0.2, -0.15) is 13.2 Å². The van der Waals surface area contributed by atoms with Gasteiger partial charge in [0.05, 0.1) is 5.92 Å². The Balaban J connectivity index is 1.58. The Morgan fingerprint density at radius 2 is 2.00 bits per heavy atom. The lowest BCUT2D eigenvalue weighted by atomic mass is 9.94. The first-order valence-corrected chi connectivity index (χ1v) is 7.23. The normalized spacial score (nSPS) is 41.5. The molecule has 23 heavy (non-hydrogen) atoms. The predicted molar refractivity (Wildman–Crippen MR) is 65.2 cm³/mol. The minimum atomic E-state index is -5.65. The molecule has 1 aliphatic heterocycles. The standard InChI is InChI=1S/C14H15F5O4/c15-12(16)5-9(23-13(12,21)14(17,18)19)6-22-11(20)10-4-7-1-2-8(10)3-7/h1-2,7-10,21H,3-6H2. The maximum atomic E-state index is 13.4. The maximum absolute atomic E-state index is 13.4. The van der Waals surface area contributed by atoms with E-state index in [2.05, 4.69) is 4.74 Å². The first kappa shape index (κ1) is 16.6. The zero-order chi connectivity index (χ0) is 17.0. The molecule has 0 spiro atoms. The van der Waals surface area contributed by atoms with Crippen LogP contribution in [-0.4, -0.2) is 41.7 Å². The molecule has 130 valence electrons. The summed E-state index contributed by atoms with van der Waals surface area (Å²) in [4.78, 5) is 11.9. The SMILES string of the molecule is O=C(OCC1CC(F)(F)C(O)(C(F)(F)F)O1)C1CC2C=CC1C2. The molecule has 1 saturated heterocycles. The Kier molecular flexibility index (Phi) is 3.72.